The van der Waals surface area contributed by atoms with Crippen molar-refractivity contribution in [2.24, 2.45) is 34.5 Å². The van der Waals surface area contributed by atoms with Crippen LogP contribution in [-0.4, -0.2) is 22.4 Å². The first kappa shape index (κ1) is 14.5. The van der Waals surface area contributed by atoms with Gasteiger partial charge in [0, 0.05) is 0 Å². The summed E-state index contributed by atoms with van der Waals surface area (Å²) in [6.45, 7) is 4.82. The average Bonchev–Trinajstić information content (AvgIpc) is 2.75. The molecule has 2 N–H and O–H groups in total. The molecule has 4 rings (SSSR count). The maximum Gasteiger partial charge on any atom is 0.0596 e. The minimum atomic E-state index is -0.0996. The van der Waals surface area contributed by atoms with Crippen molar-refractivity contribution >= 4 is 0 Å². The zero-order valence-corrected chi connectivity index (χ0v) is 13.7. The van der Waals surface area contributed by atoms with E-state index in [2.05, 4.69) is 13.8 Å². The van der Waals surface area contributed by atoms with Crippen molar-refractivity contribution in [2.75, 3.05) is 0 Å². The van der Waals surface area contributed by atoms with Crippen molar-refractivity contribution in [1.82, 2.24) is 0 Å². The van der Waals surface area contributed by atoms with Crippen LogP contribution in [0.15, 0.2) is 0 Å². The van der Waals surface area contributed by atoms with Crippen LogP contribution in [0, 0.1) is 34.5 Å². The fraction of sp³-hybridized carbons (Fsp3) is 1.00. The van der Waals surface area contributed by atoms with E-state index in [0.29, 0.717) is 23.2 Å². The molecule has 0 aromatic carbocycles. The van der Waals surface area contributed by atoms with Gasteiger partial charge in [-0.3, -0.25) is 0 Å². The third-order valence-electron chi connectivity index (χ3n) is 8.54. The first-order valence-electron chi connectivity index (χ1n) is 9.33. The Bertz CT molecular complexity index is 422. The lowest BCUT2D eigenvalue weighted by Gasteiger charge is -2.61. The minimum absolute atomic E-state index is 0.0864. The van der Waals surface area contributed by atoms with E-state index in [1.807, 2.05) is 0 Å². The maximum absolute atomic E-state index is 10.8. The van der Waals surface area contributed by atoms with Crippen LogP contribution >= 0.6 is 0 Å². The largest absolute Gasteiger partial charge is 0.393 e. The predicted molar refractivity (Wildman–Crippen MR) is 83.7 cm³/mol. The number of fused-ring (bicyclic) bond motifs is 5. The van der Waals surface area contributed by atoms with Crippen LogP contribution in [0.4, 0.5) is 0 Å². The summed E-state index contributed by atoms with van der Waals surface area (Å²) in [5.41, 5.74) is 0.508. The van der Waals surface area contributed by atoms with E-state index in [1.54, 1.807) is 0 Å². The number of hydrogen-bond donors (Lipinski definition) is 2. The molecule has 120 valence electrons. The van der Waals surface area contributed by atoms with Gasteiger partial charge in [-0.15, -0.1) is 0 Å². The molecule has 0 amide bonds. The third kappa shape index (κ3) is 1.84. The Morgan fingerprint density at radius 2 is 1.52 bits per heavy atom. The lowest BCUT2D eigenvalue weighted by molar-refractivity contribution is -0.162. The molecule has 0 saturated heterocycles. The SMILES string of the molecule is C[C@]12CCCC[C@@H]1C(O)C[C@@H]1[C@@H]2CC[C@]2(C)C(O)CC[C@@H]12. The van der Waals surface area contributed by atoms with E-state index in [4.69, 9.17) is 0 Å². The van der Waals surface area contributed by atoms with Gasteiger partial charge in [-0.2, -0.15) is 0 Å². The van der Waals surface area contributed by atoms with Gasteiger partial charge in [-0.1, -0.05) is 26.7 Å². The van der Waals surface area contributed by atoms with E-state index >= 15 is 0 Å². The Kier molecular flexibility index (Phi) is 3.25. The second-order valence-electron chi connectivity index (χ2n) is 9.18. The Morgan fingerprint density at radius 3 is 2.33 bits per heavy atom. The van der Waals surface area contributed by atoms with Gasteiger partial charge in [0.25, 0.3) is 0 Å². The van der Waals surface area contributed by atoms with Gasteiger partial charge in [-0.25, -0.2) is 0 Å². The number of rotatable bonds is 0. The number of aliphatic hydroxyl groups excluding tert-OH is 2. The third-order valence-corrected chi connectivity index (χ3v) is 8.54. The minimum Gasteiger partial charge on any atom is -0.393 e. The molecule has 0 spiro atoms. The Hall–Kier alpha value is -0.0800. The van der Waals surface area contributed by atoms with Crippen molar-refractivity contribution in [3.8, 4) is 0 Å². The highest BCUT2D eigenvalue weighted by atomic mass is 16.3. The van der Waals surface area contributed by atoms with Crippen molar-refractivity contribution in [2.45, 2.75) is 83.8 Å². The molecule has 0 aliphatic heterocycles. The highest BCUT2D eigenvalue weighted by Crippen LogP contribution is 2.66. The lowest BCUT2D eigenvalue weighted by atomic mass is 9.44. The molecular formula is C19H32O2. The van der Waals surface area contributed by atoms with Crippen molar-refractivity contribution < 1.29 is 10.2 Å². The second kappa shape index (κ2) is 4.71. The molecular weight excluding hydrogens is 260 g/mol. The normalized spacial score (nSPS) is 60.0. The van der Waals surface area contributed by atoms with E-state index in [-0.39, 0.29) is 17.6 Å². The van der Waals surface area contributed by atoms with Crippen molar-refractivity contribution in [1.29, 1.82) is 0 Å². The topological polar surface area (TPSA) is 40.5 Å². The zero-order chi connectivity index (χ0) is 14.8. The van der Waals surface area contributed by atoms with Gasteiger partial charge in [-0.05, 0) is 79.4 Å². The summed E-state index contributed by atoms with van der Waals surface area (Å²) in [7, 11) is 0. The fourth-order valence-electron chi connectivity index (χ4n) is 7.33. The number of aliphatic hydroxyl groups is 2. The summed E-state index contributed by atoms with van der Waals surface area (Å²) >= 11 is 0. The highest BCUT2D eigenvalue weighted by molar-refractivity contribution is 5.10. The van der Waals surface area contributed by atoms with E-state index in [9.17, 15) is 10.2 Å². The standard InChI is InChI=1S/C19H32O2/c1-18-9-4-3-5-15(18)16(20)11-12-13-6-7-17(21)19(13,2)10-8-14(12)18/h12-17,20-21H,3-11H2,1-2H3/t12-,13-,14-,15+,16?,17?,18+,19-/m0/s1. The van der Waals surface area contributed by atoms with Gasteiger partial charge in [0.05, 0.1) is 12.2 Å². The smallest absolute Gasteiger partial charge is 0.0596 e. The Balaban J connectivity index is 1.68. The molecule has 0 aromatic rings. The van der Waals surface area contributed by atoms with E-state index in [0.717, 1.165) is 18.8 Å². The molecule has 0 heterocycles. The molecule has 21 heavy (non-hydrogen) atoms. The van der Waals surface area contributed by atoms with Gasteiger partial charge in [0.2, 0.25) is 0 Å². The van der Waals surface area contributed by atoms with Crippen LogP contribution in [0.25, 0.3) is 0 Å². The average molecular weight is 292 g/mol. The van der Waals surface area contributed by atoms with Gasteiger partial charge in [0.15, 0.2) is 0 Å². The van der Waals surface area contributed by atoms with Crippen LogP contribution in [0.1, 0.15) is 71.6 Å². The van der Waals surface area contributed by atoms with Crippen LogP contribution in [0.2, 0.25) is 0 Å². The Labute approximate surface area is 129 Å². The van der Waals surface area contributed by atoms with Gasteiger partial charge in [0.1, 0.15) is 0 Å². The van der Waals surface area contributed by atoms with Crippen LogP contribution in [0.5, 0.6) is 0 Å². The van der Waals surface area contributed by atoms with Crippen LogP contribution in [-0.2, 0) is 0 Å². The lowest BCUT2D eigenvalue weighted by Crippen LogP contribution is -2.57. The fourth-order valence-corrected chi connectivity index (χ4v) is 7.33. The molecule has 0 radical (unpaired) electrons. The molecule has 8 atom stereocenters. The molecule has 4 fully saturated rings. The monoisotopic (exact) mass is 292 g/mol. The molecule has 4 aliphatic carbocycles. The summed E-state index contributed by atoms with van der Waals surface area (Å²) in [5.74, 6) is 2.66. The molecule has 0 aromatic heterocycles. The highest BCUT2D eigenvalue weighted by Gasteiger charge is 2.61. The molecule has 4 saturated carbocycles. The summed E-state index contributed by atoms with van der Waals surface area (Å²) in [4.78, 5) is 0. The summed E-state index contributed by atoms with van der Waals surface area (Å²) in [6.07, 6.45) is 10.7. The van der Waals surface area contributed by atoms with Crippen molar-refractivity contribution in [3.05, 3.63) is 0 Å². The van der Waals surface area contributed by atoms with E-state index in [1.165, 1.54) is 44.9 Å². The zero-order valence-electron chi connectivity index (χ0n) is 13.7. The maximum atomic E-state index is 10.8. The molecule has 4 aliphatic rings. The first-order chi connectivity index (χ1) is 9.97. The molecule has 0 bridgehead atoms. The molecule has 2 unspecified atom stereocenters. The van der Waals surface area contributed by atoms with Crippen molar-refractivity contribution in [3.63, 3.8) is 0 Å². The van der Waals surface area contributed by atoms with Crippen LogP contribution < -0.4 is 0 Å². The summed E-state index contributed by atoms with van der Waals surface area (Å²) in [5, 5.41) is 21.3. The summed E-state index contributed by atoms with van der Waals surface area (Å²) < 4.78 is 0. The van der Waals surface area contributed by atoms with Crippen LogP contribution in [0.3, 0.4) is 0 Å². The summed E-state index contributed by atoms with van der Waals surface area (Å²) in [6, 6.07) is 0. The first-order valence-corrected chi connectivity index (χ1v) is 9.33. The van der Waals surface area contributed by atoms with E-state index < -0.39 is 0 Å². The van der Waals surface area contributed by atoms with Gasteiger partial charge < -0.3 is 10.2 Å². The van der Waals surface area contributed by atoms with Gasteiger partial charge >= 0.3 is 0 Å². The molecule has 2 nitrogen and oxygen atoms in total. The molecule has 2 heteroatoms. The Morgan fingerprint density at radius 1 is 0.762 bits per heavy atom. The predicted octanol–water partition coefficient (Wildman–Crippen LogP) is 3.75. The quantitative estimate of drug-likeness (QED) is 0.714. The number of hydrogen-bond acceptors (Lipinski definition) is 2. The second-order valence-corrected chi connectivity index (χ2v) is 9.18.